The first-order valence-electron chi connectivity index (χ1n) is 4.88. The number of esters is 1. The molecule has 0 aliphatic heterocycles. The second-order valence-electron chi connectivity index (χ2n) is 3.54. The fourth-order valence-electron chi connectivity index (χ4n) is 1.27. The van der Waals surface area contributed by atoms with Crippen molar-refractivity contribution in [1.29, 1.82) is 0 Å². The number of rotatable bonds is 4. The first kappa shape index (κ1) is 11.7. The van der Waals surface area contributed by atoms with Crippen molar-refractivity contribution in [3.8, 4) is 0 Å². The second kappa shape index (κ2) is 5.46. The van der Waals surface area contributed by atoms with Gasteiger partial charge in [-0.15, -0.1) is 0 Å². The summed E-state index contributed by atoms with van der Waals surface area (Å²) in [6.45, 7) is 3.42. The summed E-state index contributed by atoms with van der Waals surface area (Å²) in [4.78, 5) is 15.3. The van der Waals surface area contributed by atoms with Crippen molar-refractivity contribution in [2.75, 3.05) is 0 Å². The van der Waals surface area contributed by atoms with Crippen LogP contribution in [0.2, 0.25) is 0 Å². The molecule has 0 saturated carbocycles. The monoisotopic (exact) mass is 209 g/mol. The number of carbonyl (C=O) groups is 1. The standard InChI is InChI=1S/C11H15NO3/c1-8(13)7-9(2)15-11(14)10-3-5-12-6-4-10/h3-6,8-9,13H,7H2,1-2H3. The lowest BCUT2D eigenvalue weighted by Gasteiger charge is -2.14. The first-order chi connectivity index (χ1) is 7.09. The largest absolute Gasteiger partial charge is 0.459 e. The van der Waals surface area contributed by atoms with E-state index < -0.39 is 6.10 Å². The number of nitrogens with zero attached hydrogens (tertiary/aromatic N) is 1. The number of hydrogen-bond donors (Lipinski definition) is 1. The minimum Gasteiger partial charge on any atom is -0.459 e. The van der Waals surface area contributed by atoms with Crippen LogP contribution in [0, 0.1) is 0 Å². The van der Waals surface area contributed by atoms with Gasteiger partial charge < -0.3 is 9.84 Å². The number of pyridine rings is 1. The highest BCUT2D eigenvalue weighted by Gasteiger charge is 2.13. The number of aliphatic hydroxyl groups is 1. The zero-order valence-corrected chi connectivity index (χ0v) is 8.88. The molecule has 0 spiro atoms. The van der Waals surface area contributed by atoms with Crippen molar-refractivity contribution < 1.29 is 14.6 Å². The molecule has 2 unspecified atom stereocenters. The molecule has 1 aromatic heterocycles. The summed E-state index contributed by atoms with van der Waals surface area (Å²) in [5.74, 6) is -0.384. The normalized spacial score (nSPS) is 14.3. The Bertz CT molecular complexity index is 311. The number of aromatic nitrogens is 1. The number of aliphatic hydroxyl groups excluding tert-OH is 1. The molecule has 0 bridgehead atoms. The van der Waals surface area contributed by atoms with Gasteiger partial charge in [0.25, 0.3) is 0 Å². The van der Waals surface area contributed by atoms with Gasteiger partial charge in [-0.3, -0.25) is 4.98 Å². The maximum Gasteiger partial charge on any atom is 0.338 e. The third-order valence-electron chi connectivity index (χ3n) is 1.90. The maximum atomic E-state index is 11.5. The van der Waals surface area contributed by atoms with Crippen molar-refractivity contribution in [1.82, 2.24) is 4.98 Å². The third-order valence-corrected chi connectivity index (χ3v) is 1.90. The molecule has 1 heterocycles. The predicted molar refractivity (Wildman–Crippen MR) is 55.4 cm³/mol. The molecule has 0 radical (unpaired) electrons. The van der Waals surface area contributed by atoms with E-state index in [-0.39, 0.29) is 12.1 Å². The smallest absolute Gasteiger partial charge is 0.338 e. The summed E-state index contributed by atoms with van der Waals surface area (Å²) >= 11 is 0. The number of carbonyl (C=O) groups excluding carboxylic acids is 1. The van der Waals surface area contributed by atoms with Gasteiger partial charge in [-0.1, -0.05) is 0 Å². The fourth-order valence-corrected chi connectivity index (χ4v) is 1.27. The van der Waals surface area contributed by atoms with Crippen molar-refractivity contribution in [3.05, 3.63) is 30.1 Å². The summed E-state index contributed by atoms with van der Waals surface area (Å²) in [6, 6.07) is 3.19. The van der Waals surface area contributed by atoms with Crippen LogP contribution in [0.5, 0.6) is 0 Å². The molecule has 15 heavy (non-hydrogen) atoms. The minimum absolute atomic E-state index is 0.286. The molecular formula is C11H15NO3. The molecule has 0 amide bonds. The summed E-state index contributed by atoms with van der Waals surface area (Å²) in [5.41, 5.74) is 0.474. The van der Waals surface area contributed by atoms with Gasteiger partial charge in [0.05, 0.1) is 11.7 Å². The lowest BCUT2D eigenvalue weighted by molar-refractivity contribution is 0.0222. The van der Waals surface area contributed by atoms with Gasteiger partial charge in [0.15, 0.2) is 0 Å². The molecule has 4 heteroatoms. The van der Waals surface area contributed by atoms with Crippen LogP contribution in [-0.2, 0) is 4.74 Å². The summed E-state index contributed by atoms with van der Waals surface area (Å²) in [7, 11) is 0. The van der Waals surface area contributed by atoms with E-state index in [9.17, 15) is 4.79 Å². The topological polar surface area (TPSA) is 59.4 Å². The highest BCUT2D eigenvalue weighted by atomic mass is 16.5. The Kier molecular flexibility index (Phi) is 4.24. The molecule has 1 N–H and O–H groups in total. The van der Waals surface area contributed by atoms with Crippen molar-refractivity contribution in [2.45, 2.75) is 32.5 Å². The molecule has 1 rings (SSSR count). The van der Waals surface area contributed by atoms with Gasteiger partial charge in [0.1, 0.15) is 6.10 Å². The van der Waals surface area contributed by atoms with E-state index in [0.29, 0.717) is 12.0 Å². The molecule has 0 saturated heterocycles. The maximum absolute atomic E-state index is 11.5. The van der Waals surface area contributed by atoms with Crippen LogP contribution in [0.25, 0.3) is 0 Å². The van der Waals surface area contributed by atoms with Gasteiger partial charge >= 0.3 is 5.97 Å². The highest BCUT2D eigenvalue weighted by Crippen LogP contribution is 2.06. The van der Waals surface area contributed by atoms with Gasteiger partial charge in [-0.2, -0.15) is 0 Å². The van der Waals surface area contributed by atoms with Crippen LogP contribution in [0.15, 0.2) is 24.5 Å². The van der Waals surface area contributed by atoms with Gasteiger partial charge in [-0.25, -0.2) is 4.79 Å². The molecule has 0 fully saturated rings. The predicted octanol–water partition coefficient (Wildman–Crippen LogP) is 1.40. The molecule has 82 valence electrons. The Hall–Kier alpha value is -1.42. The van der Waals surface area contributed by atoms with E-state index in [1.54, 1.807) is 26.0 Å². The van der Waals surface area contributed by atoms with Crippen molar-refractivity contribution in [3.63, 3.8) is 0 Å². The Labute approximate surface area is 88.9 Å². The highest BCUT2D eigenvalue weighted by molar-refractivity contribution is 5.89. The number of ether oxygens (including phenoxy) is 1. The summed E-state index contributed by atoms with van der Waals surface area (Å²) in [5, 5.41) is 9.10. The van der Waals surface area contributed by atoms with E-state index in [1.165, 1.54) is 12.4 Å². The van der Waals surface area contributed by atoms with Crippen LogP contribution < -0.4 is 0 Å². The van der Waals surface area contributed by atoms with Crippen molar-refractivity contribution >= 4 is 5.97 Å². The third kappa shape index (κ3) is 4.08. The molecule has 1 aromatic rings. The Morgan fingerprint density at radius 3 is 2.60 bits per heavy atom. The first-order valence-corrected chi connectivity index (χ1v) is 4.88. The second-order valence-corrected chi connectivity index (χ2v) is 3.54. The summed E-state index contributed by atoms with van der Waals surface area (Å²) < 4.78 is 5.12. The molecule has 2 atom stereocenters. The summed E-state index contributed by atoms with van der Waals surface area (Å²) in [6.07, 6.45) is 2.76. The van der Waals surface area contributed by atoms with E-state index in [4.69, 9.17) is 9.84 Å². The SMILES string of the molecule is CC(O)CC(C)OC(=O)c1ccncc1. The van der Waals surface area contributed by atoms with E-state index in [2.05, 4.69) is 4.98 Å². The quantitative estimate of drug-likeness (QED) is 0.761. The Morgan fingerprint density at radius 1 is 1.47 bits per heavy atom. The van der Waals surface area contributed by atoms with Crippen LogP contribution in [-0.4, -0.2) is 28.3 Å². The average Bonchev–Trinajstić information content (AvgIpc) is 2.17. The molecule has 4 nitrogen and oxygen atoms in total. The number of hydrogen-bond acceptors (Lipinski definition) is 4. The van der Waals surface area contributed by atoms with Crippen LogP contribution >= 0.6 is 0 Å². The molecule has 0 aliphatic carbocycles. The molecular weight excluding hydrogens is 194 g/mol. The van der Waals surface area contributed by atoms with Crippen LogP contribution in [0.1, 0.15) is 30.6 Å². The van der Waals surface area contributed by atoms with E-state index >= 15 is 0 Å². The zero-order valence-electron chi connectivity index (χ0n) is 8.88. The van der Waals surface area contributed by atoms with Gasteiger partial charge in [-0.05, 0) is 26.0 Å². The Balaban J connectivity index is 2.49. The van der Waals surface area contributed by atoms with Crippen LogP contribution in [0.3, 0.4) is 0 Å². The van der Waals surface area contributed by atoms with Crippen LogP contribution in [0.4, 0.5) is 0 Å². The molecule has 0 aliphatic rings. The molecule has 0 aromatic carbocycles. The van der Waals surface area contributed by atoms with Gasteiger partial charge in [0, 0.05) is 18.8 Å². The lowest BCUT2D eigenvalue weighted by atomic mass is 10.2. The zero-order chi connectivity index (χ0) is 11.3. The minimum atomic E-state index is -0.467. The van der Waals surface area contributed by atoms with Crippen molar-refractivity contribution in [2.24, 2.45) is 0 Å². The average molecular weight is 209 g/mol. The fraction of sp³-hybridized carbons (Fsp3) is 0.455. The van der Waals surface area contributed by atoms with Gasteiger partial charge in [0.2, 0.25) is 0 Å². The van der Waals surface area contributed by atoms with E-state index in [1.807, 2.05) is 0 Å². The lowest BCUT2D eigenvalue weighted by Crippen LogP contribution is -2.19. The Morgan fingerprint density at radius 2 is 2.07 bits per heavy atom. The van der Waals surface area contributed by atoms with E-state index in [0.717, 1.165) is 0 Å².